The molecule has 0 aromatic heterocycles. The van der Waals surface area contributed by atoms with E-state index in [1.165, 1.54) is 11.1 Å². The molecule has 0 saturated carbocycles. The summed E-state index contributed by atoms with van der Waals surface area (Å²) < 4.78 is 0. The molecule has 0 nitrogen and oxygen atoms in total. The van der Waals surface area contributed by atoms with Gasteiger partial charge in [-0.25, -0.2) is 0 Å². The molecule has 0 saturated heterocycles. The monoisotopic (exact) mass is 252 g/mol. The SMILES string of the molecule is CC(C)Cc1ccc(C(Cl)C(C)C(C)C)cc1. The van der Waals surface area contributed by atoms with Gasteiger partial charge in [0.2, 0.25) is 0 Å². The zero-order chi connectivity index (χ0) is 13.0. The van der Waals surface area contributed by atoms with Crippen LogP contribution in [0.1, 0.15) is 51.1 Å². The van der Waals surface area contributed by atoms with E-state index in [2.05, 4.69) is 58.9 Å². The first kappa shape index (κ1) is 14.6. The molecule has 0 spiro atoms. The summed E-state index contributed by atoms with van der Waals surface area (Å²) in [6.07, 6.45) is 1.15. The molecule has 17 heavy (non-hydrogen) atoms. The van der Waals surface area contributed by atoms with Crippen molar-refractivity contribution in [3.63, 3.8) is 0 Å². The Hall–Kier alpha value is -0.490. The van der Waals surface area contributed by atoms with E-state index in [9.17, 15) is 0 Å². The van der Waals surface area contributed by atoms with Gasteiger partial charge in [0, 0.05) is 0 Å². The molecular formula is C16H25Cl. The predicted molar refractivity (Wildman–Crippen MR) is 77.6 cm³/mol. The number of hydrogen-bond acceptors (Lipinski definition) is 0. The van der Waals surface area contributed by atoms with Crippen LogP contribution in [0.4, 0.5) is 0 Å². The molecular weight excluding hydrogens is 228 g/mol. The molecule has 0 N–H and O–H groups in total. The smallest absolute Gasteiger partial charge is 0.0613 e. The number of hydrogen-bond donors (Lipinski definition) is 0. The second-order valence-corrected chi connectivity index (χ2v) is 6.31. The minimum Gasteiger partial charge on any atom is -0.118 e. The first-order valence-electron chi connectivity index (χ1n) is 6.64. The summed E-state index contributed by atoms with van der Waals surface area (Å²) in [7, 11) is 0. The van der Waals surface area contributed by atoms with Gasteiger partial charge in [-0.05, 0) is 35.3 Å². The Balaban J connectivity index is 2.73. The molecule has 0 aliphatic rings. The molecule has 1 aromatic carbocycles. The summed E-state index contributed by atoms with van der Waals surface area (Å²) in [4.78, 5) is 0. The molecule has 0 radical (unpaired) electrons. The highest BCUT2D eigenvalue weighted by atomic mass is 35.5. The third-order valence-electron chi connectivity index (χ3n) is 3.46. The van der Waals surface area contributed by atoms with Crippen molar-refractivity contribution in [2.45, 2.75) is 46.4 Å². The Bertz CT molecular complexity index is 324. The van der Waals surface area contributed by atoms with Gasteiger partial charge in [0.1, 0.15) is 0 Å². The van der Waals surface area contributed by atoms with Crippen LogP contribution in [0, 0.1) is 17.8 Å². The summed E-state index contributed by atoms with van der Waals surface area (Å²) in [6.45, 7) is 11.2. The Kier molecular flexibility index (Phi) is 5.52. The van der Waals surface area contributed by atoms with Gasteiger partial charge in [-0.3, -0.25) is 0 Å². The zero-order valence-corrected chi connectivity index (χ0v) is 12.5. The van der Waals surface area contributed by atoms with Crippen molar-refractivity contribution < 1.29 is 0 Å². The van der Waals surface area contributed by atoms with Crippen LogP contribution in [0.3, 0.4) is 0 Å². The lowest BCUT2D eigenvalue weighted by Crippen LogP contribution is -2.10. The van der Waals surface area contributed by atoms with Crippen molar-refractivity contribution in [2.24, 2.45) is 17.8 Å². The van der Waals surface area contributed by atoms with Crippen LogP contribution < -0.4 is 0 Å². The Morgan fingerprint density at radius 2 is 1.47 bits per heavy atom. The zero-order valence-electron chi connectivity index (χ0n) is 11.7. The molecule has 0 amide bonds. The highest BCUT2D eigenvalue weighted by Gasteiger charge is 2.19. The van der Waals surface area contributed by atoms with Crippen LogP contribution in [-0.2, 0) is 6.42 Å². The third kappa shape index (κ3) is 4.35. The normalized spacial score (nSPS) is 15.3. The fraction of sp³-hybridized carbons (Fsp3) is 0.625. The summed E-state index contributed by atoms with van der Waals surface area (Å²) in [6, 6.07) is 8.82. The Morgan fingerprint density at radius 1 is 0.941 bits per heavy atom. The Labute approximate surface area is 111 Å². The lowest BCUT2D eigenvalue weighted by atomic mass is 9.90. The molecule has 1 heteroatoms. The van der Waals surface area contributed by atoms with E-state index in [0.717, 1.165) is 6.42 Å². The molecule has 0 heterocycles. The van der Waals surface area contributed by atoms with E-state index >= 15 is 0 Å². The molecule has 1 rings (SSSR count). The molecule has 96 valence electrons. The molecule has 0 bridgehead atoms. The van der Waals surface area contributed by atoms with Gasteiger partial charge in [0.05, 0.1) is 5.38 Å². The quantitative estimate of drug-likeness (QED) is 0.611. The summed E-state index contributed by atoms with van der Waals surface area (Å²) >= 11 is 6.51. The van der Waals surface area contributed by atoms with Crippen LogP contribution in [0.2, 0.25) is 0 Å². The lowest BCUT2D eigenvalue weighted by Gasteiger charge is -2.22. The maximum Gasteiger partial charge on any atom is 0.0613 e. The highest BCUT2D eigenvalue weighted by Crippen LogP contribution is 2.33. The van der Waals surface area contributed by atoms with E-state index in [1.54, 1.807) is 0 Å². The predicted octanol–water partition coefficient (Wildman–Crippen LogP) is 5.46. The fourth-order valence-corrected chi connectivity index (χ4v) is 2.39. The number of benzene rings is 1. The van der Waals surface area contributed by atoms with Crippen LogP contribution in [-0.4, -0.2) is 0 Å². The molecule has 0 aliphatic carbocycles. The molecule has 2 atom stereocenters. The maximum absolute atomic E-state index is 6.51. The summed E-state index contributed by atoms with van der Waals surface area (Å²) in [5.74, 6) is 1.84. The van der Waals surface area contributed by atoms with Crippen LogP contribution in [0.25, 0.3) is 0 Å². The first-order valence-corrected chi connectivity index (χ1v) is 7.08. The standard InChI is InChI=1S/C16H25Cl/c1-11(2)10-14-6-8-15(9-7-14)16(17)13(5)12(3)4/h6-9,11-13,16H,10H2,1-5H3. The van der Waals surface area contributed by atoms with Crippen LogP contribution >= 0.6 is 11.6 Å². The van der Waals surface area contributed by atoms with E-state index < -0.39 is 0 Å². The van der Waals surface area contributed by atoms with Crippen LogP contribution in [0.5, 0.6) is 0 Å². The van der Waals surface area contributed by atoms with Crippen molar-refractivity contribution in [3.8, 4) is 0 Å². The van der Waals surface area contributed by atoms with Gasteiger partial charge in [-0.2, -0.15) is 0 Å². The highest BCUT2D eigenvalue weighted by molar-refractivity contribution is 6.21. The average Bonchev–Trinajstić information content (AvgIpc) is 2.27. The molecule has 2 unspecified atom stereocenters. The van der Waals surface area contributed by atoms with E-state index in [0.29, 0.717) is 17.8 Å². The van der Waals surface area contributed by atoms with Gasteiger partial charge >= 0.3 is 0 Å². The van der Waals surface area contributed by atoms with Crippen molar-refractivity contribution >= 4 is 11.6 Å². The number of rotatable bonds is 5. The summed E-state index contributed by atoms with van der Waals surface area (Å²) in [5, 5.41) is 0.128. The van der Waals surface area contributed by atoms with Gasteiger partial charge in [-0.1, -0.05) is 58.9 Å². The minimum atomic E-state index is 0.128. The van der Waals surface area contributed by atoms with Gasteiger partial charge < -0.3 is 0 Å². The first-order chi connectivity index (χ1) is 7.91. The van der Waals surface area contributed by atoms with Gasteiger partial charge in [0.15, 0.2) is 0 Å². The molecule has 1 aromatic rings. The second kappa shape index (κ2) is 6.44. The van der Waals surface area contributed by atoms with E-state index in [4.69, 9.17) is 11.6 Å². The number of halogens is 1. The van der Waals surface area contributed by atoms with E-state index in [-0.39, 0.29) is 5.38 Å². The second-order valence-electron chi connectivity index (χ2n) is 5.84. The van der Waals surface area contributed by atoms with Gasteiger partial charge in [0.25, 0.3) is 0 Å². The van der Waals surface area contributed by atoms with E-state index in [1.807, 2.05) is 0 Å². The maximum atomic E-state index is 6.51. The minimum absolute atomic E-state index is 0.128. The van der Waals surface area contributed by atoms with Crippen molar-refractivity contribution in [1.82, 2.24) is 0 Å². The largest absolute Gasteiger partial charge is 0.118 e. The number of alkyl halides is 1. The average molecular weight is 253 g/mol. The molecule has 0 fully saturated rings. The summed E-state index contributed by atoms with van der Waals surface area (Å²) in [5.41, 5.74) is 2.66. The third-order valence-corrected chi connectivity index (χ3v) is 4.10. The molecule has 0 aliphatic heterocycles. The topological polar surface area (TPSA) is 0 Å². The van der Waals surface area contributed by atoms with Crippen molar-refractivity contribution in [3.05, 3.63) is 35.4 Å². The van der Waals surface area contributed by atoms with Gasteiger partial charge in [-0.15, -0.1) is 11.6 Å². The van der Waals surface area contributed by atoms with Crippen molar-refractivity contribution in [2.75, 3.05) is 0 Å². The fourth-order valence-electron chi connectivity index (χ4n) is 1.95. The van der Waals surface area contributed by atoms with Crippen molar-refractivity contribution in [1.29, 1.82) is 0 Å². The lowest BCUT2D eigenvalue weighted by molar-refractivity contribution is 0.406. The van der Waals surface area contributed by atoms with Crippen LogP contribution in [0.15, 0.2) is 24.3 Å². The Morgan fingerprint density at radius 3 is 1.88 bits per heavy atom.